The molecule has 0 unspecified atom stereocenters. The van der Waals surface area contributed by atoms with Gasteiger partial charge in [-0.2, -0.15) is 0 Å². The van der Waals surface area contributed by atoms with E-state index >= 15 is 0 Å². The molecule has 0 saturated heterocycles. The Kier molecular flexibility index (Phi) is 1.48. The first-order valence-corrected chi connectivity index (χ1v) is 6.03. The van der Waals surface area contributed by atoms with E-state index in [1.54, 1.807) is 6.07 Å². The van der Waals surface area contributed by atoms with Crippen LogP contribution in [0.5, 0.6) is 0 Å². The maximum atomic E-state index is 12.5. The van der Waals surface area contributed by atoms with Crippen LogP contribution in [-0.4, -0.2) is 26.1 Å². The van der Waals surface area contributed by atoms with Crippen LogP contribution in [0.15, 0.2) is 16.2 Å². The Hall–Kier alpha value is -0.381. The molecular formula is C7H4FNSn. The zero-order valence-corrected chi connectivity index (χ0v) is 7.99. The summed E-state index contributed by atoms with van der Waals surface area (Å²) in [6.45, 7) is 0. The van der Waals surface area contributed by atoms with Crippen LogP contribution in [-0.2, 0) is 0 Å². The predicted octanol–water partition coefficient (Wildman–Crippen LogP) is 0.534. The van der Waals surface area contributed by atoms with Gasteiger partial charge in [0.05, 0.1) is 0 Å². The van der Waals surface area contributed by atoms with Crippen LogP contribution in [0.25, 0.3) is 6.08 Å². The molecule has 2 heterocycles. The second-order valence-electron chi connectivity index (χ2n) is 2.05. The van der Waals surface area contributed by atoms with Crippen LogP contribution >= 0.6 is 0 Å². The van der Waals surface area contributed by atoms with E-state index < -0.39 is 21.1 Å². The molecule has 0 fully saturated rings. The van der Waals surface area contributed by atoms with E-state index in [1.165, 1.54) is 6.07 Å². The van der Waals surface area contributed by atoms with Crippen molar-refractivity contribution in [3.63, 3.8) is 0 Å². The standard InChI is InChI=1S/C7H4FN.Sn/c1-2-6-3-4-7(8)9-5-6;/h1-4H;. The topological polar surface area (TPSA) is 12.9 Å². The second kappa shape index (κ2) is 2.34. The molecule has 1 aliphatic rings. The fourth-order valence-electron chi connectivity index (χ4n) is 0.907. The van der Waals surface area contributed by atoms with Crippen LogP contribution in [0.1, 0.15) is 5.56 Å². The average molecular weight is 240 g/mol. The Balaban J connectivity index is 2.59. The minimum atomic E-state index is -0.615. The van der Waals surface area contributed by atoms with Crippen molar-refractivity contribution >= 4 is 30.9 Å². The fraction of sp³-hybridized carbons (Fsp3) is 0. The van der Waals surface area contributed by atoms with Crippen molar-refractivity contribution in [2.24, 2.45) is 0 Å². The molecule has 0 bridgehead atoms. The Morgan fingerprint density at radius 3 is 3.20 bits per heavy atom. The molecule has 1 nitrogen and oxygen atoms in total. The third-order valence-corrected chi connectivity index (χ3v) is 4.25. The molecule has 0 aromatic carbocycles. The molecule has 10 heavy (non-hydrogen) atoms. The third kappa shape index (κ3) is 0.963. The van der Waals surface area contributed by atoms with Crippen LogP contribution in [0.3, 0.4) is 0 Å². The van der Waals surface area contributed by atoms with Gasteiger partial charge in [0.2, 0.25) is 0 Å². The Morgan fingerprint density at radius 2 is 2.30 bits per heavy atom. The van der Waals surface area contributed by atoms with Crippen molar-refractivity contribution in [2.45, 2.75) is 0 Å². The number of fused-ring (bicyclic) bond motifs is 1. The molecule has 0 saturated carbocycles. The predicted molar refractivity (Wildman–Crippen MR) is 38.6 cm³/mol. The van der Waals surface area contributed by atoms with Gasteiger partial charge in [-0.15, -0.1) is 0 Å². The number of aromatic nitrogens is 1. The zero-order valence-electron chi connectivity index (χ0n) is 5.13. The van der Waals surface area contributed by atoms with Crippen molar-refractivity contribution in [2.75, 3.05) is 0 Å². The van der Waals surface area contributed by atoms with Gasteiger partial charge in [0.15, 0.2) is 0 Å². The Bertz CT molecular complexity index is 296. The van der Waals surface area contributed by atoms with Crippen LogP contribution in [0.4, 0.5) is 4.39 Å². The van der Waals surface area contributed by atoms with Gasteiger partial charge in [0.25, 0.3) is 0 Å². The average Bonchev–Trinajstić information content (AvgIpc) is 2.33. The summed E-state index contributed by atoms with van der Waals surface area (Å²) in [5, 5.41) is 0. The van der Waals surface area contributed by atoms with Crippen molar-refractivity contribution in [1.82, 2.24) is 4.98 Å². The monoisotopic (exact) mass is 241 g/mol. The number of hydrogen-bond acceptors (Lipinski definition) is 1. The molecule has 0 aliphatic carbocycles. The van der Waals surface area contributed by atoms with Crippen LogP contribution in [0, 0.1) is 5.95 Å². The summed E-state index contributed by atoms with van der Waals surface area (Å²) < 4.78 is 15.6. The number of nitrogens with zero attached hydrogens (tertiary/aromatic N) is 1. The quantitative estimate of drug-likeness (QED) is 0.476. The van der Waals surface area contributed by atoms with Gasteiger partial charge in [-0.05, 0) is 0 Å². The van der Waals surface area contributed by atoms with Crippen molar-refractivity contribution in [3.05, 3.63) is 27.7 Å². The molecule has 1 aromatic heterocycles. The molecule has 0 N–H and O–H groups in total. The molecule has 1 aromatic rings. The minimum absolute atomic E-state index is 0.344. The Labute approximate surface area is 68.2 Å². The molecule has 48 valence electrons. The van der Waals surface area contributed by atoms with Gasteiger partial charge in [-0.3, -0.25) is 0 Å². The van der Waals surface area contributed by atoms with Gasteiger partial charge >= 0.3 is 68.0 Å². The van der Waals surface area contributed by atoms with Crippen LogP contribution < -0.4 is 3.71 Å². The summed E-state index contributed by atoms with van der Waals surface area (Å²) in [7, 11) is 0. The molecule has 2 rings (SSSR count). The summed E-state index contributed by atoms with van der Waals surface area (Å²) in [5.74, 6) is -0.344. The van der Waals surface area contributed by atoms with E-state index in [9.17, 15) is 4.39 Å². The maximum absolute atomic E-state index is 12.5. The molecule has 0 spiro atoms. The fourth-order valence-corrected chi connectivity index (χ4v) is 3.55. The van der Waals surface area contributed by atoms with Gasteiger partial charge < -0.3 is 0 Å². The first-order chi connectivity index (χ1) is 4.86. The number of hydrogen-bond donors (Lipinski definition) is 0. The van der Waals surface area contributed by atoms with E-state index in [4.69, 9.17) is 0 Å². The van der Waals surface area contributed by atoms with Crippen molar-refractivity contribution < 1.29 is 4.39 Å². The van der Waals surface area contributed by atoms with Crippen LogP contribution in [0.2, 0.25) is 0 Å². The normalized spacial score (nSPS) is 13.7. The van der Waals surface area contributed by atoms with E-state index in [-0.39, 0.29) is 5.95 Å². The zero-order chi connectivity index (χ0) is 6.97. The molecular weight excluding hydrogens is 236 g/mol. The number of pyridine rings is 1. The van der Waals surface area contributed by atoms with E-state index in [2.05, 4.69) is 9.08 Å². The first kappa shape index (κ1) is 6.34. The van der Waals surface area contributed by atoms with E-state index in [0.29, 0.717) is 0 Å². The number of halogens is 1. The summed E-state index contributed by atoms with van der Waals surface area (Å²) in [6, 6.07) is 3.20. The van der Waals surface area contributed by atoms with Gasteiger partial charge in [0.1, 0.15) is 0 Å². The van der Waals surface area contributed by atoms with Gasteiger partial charge in [-0.1, -0.05) is 0 Å². The SMILES string of the molecule is Fc1ccc2[c](n1)[Sn][CH]=C2. The molecule has 0 amide bonds. The molecule has 0 atom stereocenters. The van der Waals surface area contributed by atoms with E-state index in [0.717, 1.165) is 9.27 Å². The molecule has 3 heteroatoms. The third-order valence-electron chi connectivity index (χ3n) is 1.38. The van der Waals surface area contributed by atoms with Crippen molar-refractivity contribution in [1.29, 1.82) is 0 Å². The first-order valence-electron chi connectivity index (χ1n) is 2.96. The van der Waals surface area contributed by atoms with Gasteiger partial charge in [-0.25, -0.2) is 0 Å². The molecule has 1 aliphatic heterocycles. The summed E-state index contributed by atoms with van der Waals surface area (Å²) >= 11 is -0.615. The van der Waals surface area contributed by atoms with Crippen molar-refractivity contribution in [3.8, 4) is 0 Å². The second-order valence-corrected chi connectivity index (χ2v) is 5.18. The summed E-state index contributed by atoms with van der Waals surface area (Å²) in [6.07, 6.45) is 2.04. The molecule has 2 radical (unpaired) electrons. The summed E-state index contributed by atoms with van der Waals surface area (Å²) in [5.41, 5.74) is 1.12. The van der Waals surface area contributed by atoms with E-state index in [1.807, 2.05) is 6.08 Å². The Morgan fingerprint density at radius 1 is 1.40 bits per heavy atom. The number of rotatable bonds is 0. The van der Waals surface area contributed by atoms with Gasteiger partial charge in [0, 0.05) is 0 Å². The summed E-state index contributed by atoms with van der Waals surface area (Å²) in [4.78, 5) is 3.80.